The second-order valence-electron chi connectivity index (χ2n) is 6.31. The molecule has 0 bridgehead atoms. The molecule has 0 spiro atoms. The molecular weight excluding hydrogens is 352 g/mol. The Bertz CT molecular complexity index is 863. The van der Waals surface area contributed by atoms with Gasteiger partial charge in [0.15, 0.2) is 5.76 Å². The molecule has 0 aliphatic carbocycles. The summed E-state index contributed by atoms with van der Waals surface area (Å²) in [5.74, 6) is -0.433. The quantitative estimate of drug-likeness (QED) is 0.382. The van der Waals surface area contributed by atoms with Crippen molar-refractivity contribution in [2.45, 2.75) is 39.0 Å². The highest BCUT2D eigenvalue weighted by Gasteiger charge is 2.36. The van der Waals surface area contributed by atoms with Gasteiger partial charge in [-0.05, 0) is 24.6 Å². The van der Waals surface area contributed by atoms with Crippen LogP contribution < -0.4 is 0 Å². The molecule has 0 N–H and O–H groups in total. The number of aromatic nitrogens is 1. The van der Waals surface area contributed by atoms with E-state index in [0.29, 0.717) is 12.1 Å². The first kappa shape index (κ1) is 18.4. The van der Waals surface area contributed by atoms with Crippen LogP contribution in [0.25, 0.3) is 17.0 Å². The molecule has 0 atom stereocenters. The molecule has 26 heavy (non-hydrogen) atoms. The summed E-state index contributed by atoms with van der Waals surface area (Å²) in [6, 6.07) is 9.37. The van der Waals surface area contributed by atoms with Crippen LogP contribution in [0.4, 0.5) is 4.79 Å². The van der Waals surface area contributed by atoms with Gasteiger partial charge in [-0.25, -0.2) is 14.7 Å². The highest BCUT2D eigenvalue weighted by atomic mass is 35.5. The summed E-state index contributed by atoms with van der Waals surface area (Å²) in [4.78, 5) is 29.9. The van der Waals surface area contributed by atoms with E-state index in [-0.39, 0.29) is 10.9 Å². The Hall–Kier alpha value is -2.40. The second-order valence-corrected chi connectivity index (χ2v) is 6.67. The summed E-state index contributed by atoms with van der Waals surface area (Å²) in [6.45, 7) is 2.52. The Balaban J connectivity index is 1.74. The molecule has 2 amide bonds. The lowest BCUT2D eigenvalue weighted by molar-refractivity contribution is -0.123. The van der Waals surface area contributed by atoms with Gasteiger partial charge in [0.25, 0.3) is 5.91 Å². The predicted octanol–water partition coefficient (Wildman–Crippen LogP) is 5.18. The lowest BCUT2D eigenvalue weighted by atomic mass is 10.1. The van der Waals surface area contributed by atoms with E-state index in [1.54, 1.807) is 0 Å². The number of imide groups is 1. The number of unbranched alkanes of at least 4 members (excludes halogenated alkanes) is 4. The molecule has 1 aliphatic rings. The van der Waals surface area contributed by atoms with Gasteiger partial charge < -0.3 is 4.74 Å². The molecule has 6 heteroatoms. The fourth-order valence-electron chi connectivity index (χ4n) is 2.92. The number of rotatable bonds is 7. The summed E-state index contributed by atoms with van der Waals surface area (Å²) in [6.07, 6.45) is 6.06. The zero-order chi connectivity index (χ0) is 18.5. The minimum atomic E-state index is -0.624. The molecule has 1 aliphatic heterocycles. The van der Waals surface area contributed by atoms with Crippen LogP contribution in [0, 0.1) is 0 Å². The molecule has 1 fully saturated rings. The van der Waals surface area contributed by atoms with Crippen molar-refractivity contribution >= 4 is 40.6 Å². The van der Waals surface area contributed by atoms with Crippen LogP contribution in [-0.2, 0) is 9.53 Å². The number of para-hydroxylation sites is 1. The van der Waals surface area contributed by atoms with Gasteiger partial charge in [0.05, 0.1) is 5.52 Å². The number of hydrogen-bond acceptors (Lipinski definition) is 4. The zero-order valence-corrected chi connectivity index (χ0v) is 15.5. The van der Waals surface area contributed by atoms with E-state index in [1.807, 2.05) is 30.3 Å². The standard InChI is InChI=1S/C20H21ClN2O3/c1-2-3-4-5-8-11-23-19(24)17(26-20(23)25)13-15-12-14-9-6-7-10-16(14)22-18(15)21/h6-7,9-10,12-13H,2-5,8,11H2,1H3/b17-13+. The average Bonchev–Trinajstić information content (AvgIpc) is 2.89. The molecule has 0 radical (unpaired) electrons. The third kappa shape index (κ3) is 4.05. The van der Waals surface area contributed by atoms with Gasteiger partial charge in [0.2, 0.25) is 0 Å². The molecule has 5 nitrogen and oxygen atoms in total. The van der Waals surface area contributed by atoms with Gasteiger partial charge in [-0.15, -0.1) is 0 Å². The van der Waals surface area contributed by atoms with Crippen LogP contribution in [-0.4, -0.2) is 28.4 Å². The molecule has 2 aromatic rings. The fourth-order valence-corrected chi connectivity index (χ4v) is 3.12. The molecule has 1 aromatic heterocycles. The van der Waals surface area contributed by atoms with Gasteiger partial charge in [-0.3, -0.25) is 4.79 Å². The molecule has 3 rings (SSSR count). The maximum Gasteiger partial charge on any atom is 0.422 e. The molecule has 1 saturated heterocycles. The summed E-state index contributed by atoms with van der Waals surface area (Å²) >= 11 is 6.21. The molecule has 2 heterocycles. The molecule has 1 aromatic carbocycles. The average molecular weight is 373 g/mol. The highest BCUT2D eigenvalue weighted by molar-refractivity contribution is 6.31. The third-order valence-corrected chi connectivity index (χ3v) is 4.65. The van der Waals surface area contributed by atoms with Crippen molar-refractivity contribution < 1.29 is 14.3 Å². The van der Waals surface area contributed by atoms with Gasteiger partial charge in [-0.1, -0.05) is 62.4 Å². The van der Waals surface area contributed by atoms with Crippen molar-refractivity contribution in [2.75, 3.05) is 6.54 Å². The monoisotopic (exact) mass is 372 g/mol. The van der Waals surface area contributed by atoms with Gasteiger partial charge in [0.1, 0.15) is 5.15 Å². The Morgan fingerprint density at radius 3 is 2.73 bits per heavy atom. The Morgan fingerprint density at radius 2 is 1.92 bits per heavy atom. The number of hydrogen-bond donors (Lipinski definition) is 0. The van der Waals surface area contributed by atoms with Crippen LogP contribution in [0.2, 0.25) is 5.15 Å². The molecule has 0 unspecified atom stereocenters. The molecule has 136 valence electrons. The summed E-state index contributed by atoms with van der Waals surface area (Å²) in [5, 5.41) is 1.16. The number of halogens is 1. The summed E-state index contributed by atoms with van der Waals surface area (Å²) in [5.41, 5.74) is 1.31. The first-order valence-electron chi connectivity index (χ1n) is 8.91. The van der Waals surface area contributed by atoms with Gasteiger partial charge in [-0.2, -0.15) is 0 Å². The largest absolute Gasteiger partial charge is 0.422 e. The Kier molecular flexibility index (Phi) is 5.89. The smallest absolute Gasteiger partial charge is 0.404 e. The maximum absolute atomic E-state index is 12.5. The van der Waals surface area contributed by atoms with Crippen molar-refractivity contribution in [1.82, 2.24) is 9.88 Å². The minimum absolute atomic E-state index is 0.0115. The number of carbonyl (C=O) groups excluding carboxylic acids is 2. The van der Waals surface area contributed by atoms with Crippen molar-refractivity contribution in [1.29, 1.82) is 0 Å². The maximum atomic E-state index is 12.5. The zero-order valence-electron chi connectivity index (χ0n) is 14.7. The number of carbonyl (C=O) groups is 2. The van der Waals surface area contributed by atoms with Crippen molar-refractivity contribution in [3.63, 3.8) is 0 Å². The SMILES string of the molecule is CCCCCCCN1C(=O)O/C(=C/c2cc3ccccc3nc2Cl)C1=O. The predicted molar refractivity (Wildman–Crippen MR) is 102 cm³/mol. The lowest BCUT2D eigenvalue weighted by Gasteiger charge is -2.09. The number of fused-ring (bicyclic) bond motifs is 1. The highest BCUT2D eigenvalue weighted by Crippen LogP contribution is 2.26. The third-order valence-electron chi connectivity index (χ3n) is 4.35. The van der Waals surface area contributed by atoms with Crippen LogP contribution in [0.15, 0.2) is 36.1 Å². The van der Waals surface area contributed by atoms with E-state index >= 15 is 0 Å². The van der Waals surface area contributed by atoms with E-state index in [9.17, 15) is 9.59 Å². The number of cyclic esters (lactones) is 1. The number of benzene rings is 1. The normalized spacial score (nSPS) is 15.9. The van der Waals surface area contributed by atoms with Crippen LogP contribution in [0.1, 0.15) is 44.6 Å². The topological polar surface area (TPSA) is 59.5 Å². The Morgan fingerprint density at radius 1 is 1.15 bits per heavy atom. The van der Waals surface area contributed by atoms with Gasteiger partial charge >= 0.3 is 6.09 Å². The number of pyridine rings is 1. The summed E-state index contributed by atoms with van der Waals surface area (Å²) in [7, 11) is 0. The number of ether oxygens (including phenoxy) is 1. The lowest BCUT2D eigenvalue weighted by Crippen LogP contribution is -2.29. The van der Waals surface area contributed by atoms with E-state index < -0.39 is 12.0 Å². The van der Waals surface area contributed by atoms with Crippen molar-refractivity contribution in [3.8, 4) is 0 Å². The fraction of sp³-hybridized carbons (Fsp3) is 0.350. The van der Waals surface area contributed by atoms with E-state index in [2.05, 4.69) is 11.9 Å². The number of amides is 2. The van der Waals surface area contributed by atoms with E-state index in [0.717, 1.165) is 47.9 Å². The Labute approximate surface area is 157 Å². The van der Waals surface area contributed by atoms with Crippen LogP contribution in [0.3, 0.4) is 0 Å². The first-order chi connectivity index (χ1) is 12.6. The van der Waals surface area contributed by atoms with E-state index in [4.69, 9.17) is 16.3 Å². The second kappa shape index (κ2) is 8.32. The van der Waals surface area contributed by atoms with Crippen molar-refractivity contribution in [3.05, 3.63) is 46.8 Å². The number of nitrogens with zero attached hydrogens (tertiary/aromatic N) is 2. The molecule has 0 saturated carbocycles. The minimum Gasteiger partial charge on any atom is -0.404 e. The summed E-state index contributed by atoms with van der Waals surface area (Å²) < 4.78 is 5.15. The van der Waals surface area contributed by atoms with Crippen LogP contribution >= 0.6 is 11.6 Å². The first-order valence-corrected chi connectivity index (χ1v) is 9.28. The van der Waals surface area contributed by atoms with Crippen LogP contribution in [0.5, 0.6) is 0 Å². The van der Waals surface area contributed by atoms with E-state index in [1.165, 1.54) is 6.08 Å². The van der Waals surface area contributed by atoms with Gasteiger partial charge in [0, 0.05) is 17.5 Å². The molecular formula is C20H21ClN2O3. The van der Waals surface area contributed by atoms with Crippen molar-refractivity contribution in [2.24, 2.45) is 0 Å².